The smallest absolute Gasteiger partial charge is 0.315 e. The first-order valence-electron chi connectivity index (χ1n) is 14.2. The topological polar surface area (TPSA) is 35.5 Å². The Labute approximate surface area is 236 Å². The van der Waals surface area contributed by atoms with Crippen molar-refractivity contribution < 1.29 is 14.3 Å². The fourth-order valence-electron chi connectivity index (χ4n) is 5.99. The second kappa shape index (κ2) is 11.9. The van der Waals surface area contributed by atoms with Gasteiger partial charge in [-0.1, -0.05) is 133 Å². The summed E-state index contributed by atoms with van der Waals surface area (Å²) in [7, 11) is 0. The molecule has 0 amide bonds. The second-order valence-corrected chi connectivity index (χ2v) is 10.6. The molecule has 0 N–H and O–H groups in total. The highest BCUT2D eigenvalue weighted by atomic mass is 16.6. The molecule has 0 radical (unpaired) electrons. The molecule has 40 heavy (non-hydrogen) atoms. The van der Waals surface area contributed by atoms with Crippen LogP contribution in [-0.4, -0.2) is 18.7 Å². The van der Waals surface area contributed by atoms with Gasteiger partial charge in [0.2, 0.25) is 0 Å². The molecule has 1 aliphatic heterocycles. The van der Waals surface area contributed by atoms with Crippen molar-refractivity contribution >= 4 is 16.7 Å². The summed E-state index contributed by atoms with van der Waals surface area (Å²) in [6, 6.07) is 45.9. The Hall–Kier alpha value is -4.21. The Bertz CT molecular complexity index is 1440. The Morgan fingerprint density at radius 3 is 1.77 bits per heavy atom. The van der Waals surface area contributed by atoms with E-state index < -0.39 is 5.60 Å². The summed E-state index contributed by atoms with van der Waals surface area (Å²) in [5.74, 6) is -0.435. The van der Waals surface area contributed by atoms with Crippen molar-refractivity contribution in [3.63, 3.8) is 0 Å². The number of esters is 1. The normalized spacial score (nSPS) is 16.9. The Kier molecular flexibility index (Phi) is 7.74. The highest BCUT2D eigenvalue weighted by molar-refractivity contribution is 5.85. The number of ether oxygens (including phenoxy) is 2. The minimum absolute atomic E-state index is 0.111. The molecule has 200 valence electrons. The van der Waals surface area contributed by atoms with Crippen LogP contribution < -0.4 is 0 Å². The minimum atomic E-state index is -0.835. The average Bonchev–Trinajstić information content (AvgIpc) is 3.02. The van der Waals surface area contributed by atoms with Gasteiger partial charge in [-0.15, -0.1) is 0 Å². The van der Waals surface area contributed by atoms with Gasteiger partial charge >= 0.3 is 5.97 Å². The van der Waals surface area contributed by atoms with Crippen LogP contribution in [0, 0.1) is 5.92 Å². The lowest BCUT2D eigenvalue weighted by Gasteiger charge is -2.40. The molecule has 3 nitrogen and oxygen atoms in total. The monoisotopic (exact) mass is 526 g/mol. The number of unbranched alkanes of at least 4 members (excludes halogenated alkanes) is 1. The Morgan fingerprint density at radius 1 is 0.625 bits per heavy atom. The number of cyclic esters (lactones) is 1. The standard InChI is InChI=1S/C37H34O3/c38-36-34(35(40-36)26-13-11-16-29-18-14-17-28-15-10-12-25-33(28)29)27-39-37(30-19-4-1-5-20-30,31-21-6-2-7-22-31)32-23-8-3-9-24-32/h1-10,12,14-15,17-25,34-35H,11,13,16,26-27H2/t34-,35-/m0/s1. The number of benzene rings is 5. The molecule has 0 spiro atoms. The number of aryl methyl sites for hydroxylation is 1. The van der Waals surface area contributed by atoms with Gasteiger partial charge in [0.15, 0.2) is 0 Å². The van der Waals surface area contributed by atoms with E-state index in [1.807, 2.05) is 54.6 Å². The summed E-state index contributed by atoms with van der Waals surface area (Å²) >= 11 is 0. The number of carbonyl (C=O) groups excluding carboxylic acids is 1. The van der Waals surface area contributed by atoms with Crippen molar-refractivity contribution in [3.05, 3.63) is 156 Å². The lowest BCUT2D eigenvalue weighted by molar-refractivity contribution is -0.194. The van der Waals surface area contributed by atoms with E-state index in [1.165, 1.54) is 16.3 Å². The maximum absolute atomic E-state index is 12.7. The first-order chi connectivity index (χ1) is 19.8. The van der Waals surface area contributed by atoms with Gasteiger partial charge in [-0.3, -0.25) is 4.79 Å². The zero-order valence-corrected chi connectivity index (χ0v) is 22.6. The number of hydrogen-bond acceptors (Lipinski definition) is 3. The van der Waals surface area contributed by atoms with Gasteiger partial charge in [0, 0.05) is 0 Å². The fraction of sp³-hybridized carbons (Fsp3) is 0.216. The van der Waals surface area contributed by atoms with Gasteiger partial charge in [0.1, 0.15) is 17.6 Å². The molecule has 6 rings (SSSR count). The summed E-state index contributed by atoms with van der Waals surface area (Å²) in [6.07, 6.45) is 3.80. The van der Waals surface area contributed by atoms with Gasteiger partial charge < -0.3 is 9.47 Å². The number of carbonyl (C=O) groups is 1. The zero-order chi connectivity index (χ0) is 27.2. The van der Waals surface area contributed by atoms with Gasteiger partial charge in [0.05, 0.1) is 6.61 Å². The van der Waals surface area contributed by atoms with Crippen molar-refractivity contribution in [2.24, 2.45) is 5.92 Å². The van der Waals surface area contributed by atoms with Gasteiger partial charge in [0.25, 0.3) is 0 Å². The van der Waals surface area contributed by atoms with Crippen LogP contribution in [0.3, 0.4) is 0 Å². The molecule has 5 aromatic rings. The summed E-state index contributed by atoms with van der Waals surface area (Å²) < 4.78 is 12.6. The van der Waals surface area contributed by atoms with Gasteiger partial charge in [-0.05, 0) is 58.7 Å². The first kappa shape index (κ1) is 26.0. The van der Waals surface area contributed by atoms with Crippen molar-refractivity contribution in [1.29, 1.82) is 0 Å². The molecule has 1 fully saturated rings. The van der Waals surface area contributed by atoms with E-state index >= 15 is 0 Å². The second-order valence-electron chi connectivity index (χ2n) is 10.6. The van der Waals surface area contributed by atoms with E-state index in [2.05, 4.69) is 78.9 Å². The summed E-state index contributed by atoms with van der Waals surface area (Å²) in [4.78, 5) is 12.7. The minimum Gasteiger partial charge on any atom is -0.461 e. The van der Waals surface area contributed by atoms with Crippen LogP contribution in [0.4, 0.5) is 0 Å². The third-order valence-electron chi connectivity index (χ3n) is 8.10. The largest absolute Gasteiger partial charge is 0.461 e. The predicted octanol–water partition coefficient (Wildman–Crippen LogP) is 8.10. The zero-order valence-electron chi connectivity index (χ0n) is 22.6. The molecule has 0 unspecified atom stereocenters. The molecule has 0 saturated carbocycles. The molecule has 1 heterocycles. The van der Waals surface area contributed by atoms with E-state index in [9.17, 15) is 4.79 Å². The molecular weight excluding hydrogens is 492 g/mol. The summed E-state index contributed by atoms with van der Waals surface area (Å²) in [6.45, 7) is 0.297. The van der Waals surface area contributed by atoms with Crippen LogP contribution in [0.15, 0.2) is 133 Å². The highest BCUT2D eigenvalue weighted by Crippen LogP contribution is 2.42. The molecule has 0 aliphatic carbocycles. The summed E-state index contributed by atoms with van der Waals surface area (Å²) in [5.41, 5.74) is 3.64. The molecule has 3 heteroatoms. The Morgan fingerprint density at radius 2 is 1.18 bits per heavy atom. The molecule has 0 aromatic heterocycles. The van der Waals surface area contributed by atoms with Crippen molar-refractivity contribution in [2.45, 2.75) is 37.4 Å². The number of fused-ring (bicyclic) bond motifs is 1. The van der Waals surface area contributed by atoms with E-state index in [-0.39, 0.29) is 18.0 Å². The van der Waals surface area contributed by atoms with Crippen LogP contribution >= 0.6 is 0 Å². The fourth-order valence-corrected chi connectivity index (χ4v) is 5.99. The van der Waals surface area contributed by atoms with E-state index in [0.29, 0.717) is 6.61 Å². The Balaban J connectivity index is 1.17. The van der Waals surface area contributed by atoms with Crippen LogP contribution in [0.2, 0.25) is 0 Å². The lowest BCUT2D eigenvalue weighted by atomic mass is 9.79. The van der Waals surface area contributed by atoms with Crippen LogP contribution in [-0.2, 0) is 26.3 Å². The molecule has 5 aromatic carbocycles. The third-order valence-corrected chi connectivity index (χ3v) is 8.10. The summed E-state index contributed by atoms with van der Waals surface area (Å²) in [5, 5.41) is 2.61. The average molecular weight is 527 g/mol. The van der Waals surface area contributed by atoms with E-state index in [4.69, 9.17) is 9.47 Å². The third kappa shape index (κ3) is 5.17. The molecule has 2 atom stereocenters. The first-order valence-corrected chi connectivity index (χ1v) is 14.2. The van der Waals surface area contributed by atoms with Crippen LogP contribution in [0.5, 0.6) is 0 Å². The number of rotatable bonds is 11. The van der Waals surface area contributed by atoms with Gasteiger partial charge in [-0.25, -0.2) is 0 Å². The molecule has 0 bridgehead atoms. The lowest BCUT2D eigenvalue weighted by Crippen LogP contribution is -2.49. The maximum atomic E-state index is 12.7. The van der Waals surface area contributed by atoms with Crippen LogP contribution in [0.1, 0.15) is 41.5 Å². The molecule has 1 saturated heterocycles. The predicted molar refractivity (Wildman–Crippen MR) is 160 cm³/mol. The van der Waals surface area contributed by atoms with Crippen molar-refractivity contribution in [2.75, 3.05) is 6.61 Å². The van der Waals surface area contributed by atoms with Crippen molar-refractivity contribution in [3.8, 4) is 0 Å². The maximum Gasteiger partial charge on any atom is 0.315 e. The van der Waals surface area contributed by atoms with E-state index in [0.717, 1.165) is 42.4 Å². The quantitative estimate of drug-likeness (QED) is 0.0991. The number of hydrogen-bond donors (Lipinski definition) is 0. The molecular formula is C37H34O3. The van der Waals surface area contributed by atoms with E-state index in [1.54, 1.807) is 0 Å². The van der Waals surface area contributed by atoms with Crippen molar-refractivity contribution in [1.82, 2.24) is 0 Å². The van der Waals surface area contributed by atoms with Gasteiger partial charge in [-0.2, -0.15) is 0 Å². The molecule has 1 aliphatic rings. The van der Waals surface area contributed by atoms with Crippen LogP contribution in [0.25, 0.3) is 10.8 Å². The SMILES string of the molecule is O=C1O[C@@H](CCCCc2cccc3ccccc23)[C@@H]1COC(c1ccccc1)(c1ccccc1)c1ccccc1. The highest BCUT2D eigenvalue weighted by Gasteiger charge is 2.45.